The molecule has 2 aromatic rings. The van der Waals surface area contributed by atoms with E-state index in [-0.39, 0.29) is 0 Å². The lowest BCUT2D eigenvalue weighted by atomic mass is 10.1. The summed E-state index contributed by atoms with van der Waals surface area (Å²) >= 11 is 0. The molecule has 0 spiro atoms. The first kappa shape index (κ1) is 10.2. The molecular formula is C13H14N4. The fourth-order valence-electron chi connectivity index (χ4n) is 1.83. The maximum Gasteiger partial charge on any atom is 0.134 e. The van der Waals surface area contributed by atoms with Gasteiger partial charge in [-0.1, -0.05) is 6.07 Å². The summed E-state index contributed by atoms with van der Waals surface area (Å²) in [5.41, 5.74) is 8.58. The first-order valence-electron chi connectivity index (χ1n) is 5.81. The number of anilines is 1. The van der Waals surface area contributed by atoms with Gasteiger partial charge in [-0.05, 0) is 31.9 Å². The van der Waals surface area contributed by atoms with E-state index in [0.29, 0.717) is 11.7 Å². The molecule has 1 saturated carbocycles. The fourth-order valence-corrected chi connectivity index (χ4v) is 1.83. The maximum absolute atomic E-state index is 5.95. The van der Waals surface area contributed by atoms with Gasteiger partial charge in [-0.2, -0.15) is 0 Å². The second-order valence-electron chi connectivity index (χ2n) is 4.43. The molecule has 2 N–H and O–H groups in total. The molecule has 0 aromatic carbocycles. The molecule has 0 bridgehead atoms. The largest absolute Gasteiger partial charge is 0.383 e. The molecule has 17 heavy (non-hydrogen) atoms. The van der Waals surface area contributed by atoms with E-state index in [1.54, 1.807) is 6.20 Å². The Morgan fingerprint density at radius 1 is 1.24 bits per heavy atom. The van der Waals surface area contributed by atoms with Gasteiger partial charge in [-0.25, -0.2) is 9.97 Å². The molecule has 0 atom stereocenters. The van der Waals surface area contributed by atoms with Crippen LogP contribution in [0.1, 0.15) is 30.1 Å². The second-order valence-corrected chi connectivity index (χ2v) is 4.43. The van der Waals surface area contributed by atoms with Crippen LogP contribution in [-0.4, -0.2) is 15.0 Å². The van der Waals surface area contributed by atoms with Gasteiger partial charge in [0.25, 0.3) is 0 Å². The van der Waals surface area contributed by atoms with Crippen molar-refractivity contribution in [3.8, 4) is 11.4 Å². The molecule has 1 fully saturated rings. The van der Waals surface area contributed by atoms with E-state index in [0.717, 1.165) is 22.8 Å². The Kier molecular flexibility index (Phi) is 2.28. The van der Waals surface area contributed by atoms with E-state index in [9.17, 15) is 0 Å². The van der Waals surface area contributed by atoms with Crippen molar-refractivity contribution in [1.29, 1.82) is 0 Å². The quantitative estimate of drug-likeness (QED) is 0.853. The third kappa shape index (κ3) is 1.86. The molecule has 86 valence electrons. The fraction of sp³-hybridized carbons (Fsp3) is 0.308. The van der Waals surface area contributed by atoms with Crippen molar-refractivity contribution in [3.63, 3.8) is 0 Å². The van der Waals surface area contributed by atoms with E-state index in [1.807, 2.05) is 25.1 Å². The summed E-state index contributed by atoms with van der Waals surface area (Å²) in [7, 11) is 0. The summed E-state index contributed by atoms with van der Waals surface area (Å²) in [6.07, 6.45) is 4.11. The third-order valence-electron chi connectivity index (χ3n) is 3.05. The lowest BCUT2D eigenvalue weighted by molar-refractivity contribution is 0.925. The Balaban J connectivity index is 2.14. The second kappa shape index (κ2) is 3.80. The number of nitrogen functional groups attached to an aromatic ring is 1. The topological polar surface area (TPSA) is 64.7 Å². The van der Waals surface area contributed by atoms with Gasteiger partial charge in [0.05, 0.1) is 11.4 Å². The van der Waals surface area contributed by atoms with E-state index >= 15 is 0 Å². The predicted octanol–water partition coefficient (Wildman–Crippen LogP) is 2.31. The van der Waals surface area contributed by atoms with Crippen molar-refractivity contribution in [1.82, 2.24) is 15.0 Å². The molecular weight excluding hydrogens is 212 g/mol. The van der Waals surface area contributed by atoms with Crippen molar-refractivity contribution in [2.75, 3.05) is 5.73 Å². The van der Waals surface area contributed by atoms with Gasteiger partial charge in [0.15, 0.2) is 0 Å². The van der Waals surface area contributed by atoms with E-state index in [2.05, 4.69) is 15.0 Å². The monoisotopic (exact) mass is 226 g/mol. The van der Waals surface area contributed by atoms with Gasteiger partial charge in [-0.15, -0.1) is 0 Å². The molecule has 0 radical (unpaired) electrons. The predicted molar refractivity (Wildman–Crippen MR) is 66.4 cm³/mol. The van der Waals surface area contributed by atoms with Gasteiger partial charge in [-0.3, -0.25) is 4.98 Å². The molecule has 0 aliphatic heterocycles. The van der Waals surface area contributed by atoms with Crippen molar-refractivity contribution in [2.24, 2.45) is 0 Å². The Bertz CT molecular complexity index is 547. The van der Waals surface area contributed by atoms with Crippen molar-refractivity contribution < 1.29 is 0 Å². The zero-order valence-electron chi connectivity index (χ0n) is 9.72. The van der Waals surface area contributed by atoms with Gasteiger partial charge in [0.1, 0.15) is 11.6 Å². The minimum absolute atomic E-state index is 0.500. The third-order valence-corrected chi connectivity index (χ3v) is 3.05. The van der Waals surface area contributed by atoms with E-state index in [1.165, 1.54) is 12.8 Å². The van der Waals surface area contributed by atoms with Crippen LogP contribution >= 0.6 is 0 Å². The molecule has 2 heterocycles. The van der Waals surface area contributed by atoms with Crippen molar-refractivity contribution in [2.45, 2.75) is 25.7 Å². The molecule has 4 heteroatoms. The standard InChI is InChI=1S/C13H14N4/c1-8-11(10-4-2-3-7-15-10)16-13(9-5-6-9)17-12(8)14/h2-4,7,9H,5-6H2,1H3,(H2,14,16,17). The van der Waals surface area contributed by atoms with Gasteiger partial charge in [0, 0.05) is 17.7 Å². The lowest BCUT2D eigenvalue weighted by Crippen LogP contribution is -2.04. The summed E-state index contributed by atoms with van der Waals surface area (Å²) in [6, 6.07) is 5.80. The van der Waals surface area contributed by atoms with Gasteiger partial charge < -0.3 is 5.73 Å². The zero-order chi connectivity index (χ0) is 11.8. The average molecular weight is 226 g/mol. The Morgan fingerprint density at radius 3 is 2.71 bits per heavy atom. The van der Waals surface area contributed by atoms with Crippen LogP contribution in [-0.2, 0) is 0 Å². The molecule has 3 rings (SSSR count). The molecule has 0 saturated heterocycles. The number of nitrogens with two attached hydrogens (primary N) is 1. The Hall–Kier alpha value is -1.97. The van der Waals surface area contributed by atoms with Crippen LogP contribution in [0.5, 0.6) is 0 Å². The van der Waals surface area contributed by atoms with Crippen LogP contribution in [0.3, 0.4) is 0 Å². The highest BCUT2D eigenvalue weighted by Crippen LogP contribution is 2.39. The normalized spacial score (nSPS) is 14.9. The molecule has 1 aliphatic rings. The molecule has 4 nitrogen and oxygen atoms in total. The molecule has 0 amide bonds. The van der Waals surface area contributed by atoms with Crippen LogP contribution in [0.15, 0.2) is 24.4 Å². The van der Waals surface area contributed by atoms with Gasteiger partial charge in [0.2, 0.25) is 0 Å². The highest BCUT2D eigenvalue weighted by atomic mass is 15.0. The number of nitrogens with zero attached hydrogens (tertiary/aromatic N) is 3. The summed E-state index contributed by atoms with van der Waals surface area (Å²) in [4.78, 5) is 13.3. The summed E-state index contributed by atoms with van der Waals surface area (Å²) < 4.78 is 0. The highest BCUT2D eigenvalue weighted by Gasteiger charge is 2.28. The van der Waals surface area contributed by atoms with Crippen molar-refractivity contribution in [3.05, 3.63) is 35.8 Å². The first-order chi connectivity index (χ1) is 8.25. The van der Waals surface area contributed by atoms with E-state index < -0.39 is 0 Å². The van der Waals surface area contributed by atoms with Crippen LogP contribution in [0.2, 0.25) is 0 Å². The number of hydrogen-bond donors (Lipinski definition) is 1. The van der Waals surface area contributed by atoms with Crippen LogP contribution < -0.4 is 5.73 Å². The number of rotatable bonds is 2. The highest BCUT2D eigenvalue weighted by molar-refractivity contribution is 5.64. The molecule has 1 aliphatic carbocycles. The number of aromatic nitrogens is 3. The molecule has 0 unspecified atom stereocenters. The number of hydrogen-bond acceptors (Lipinski definition) is 4. The summed E-state index contributed by atoms with van der Waals surface area (Å²) in [5.74, 6) is 1.94. The Labute approximate surface area is 99.9 Å². The van der Waals surface area contributed by atoms with Crippen molar-refractivity contribution >= 4 is 5.82 Å². The van der Waals surface area contributed by atoms with Crippen LogP contribution in [0.25, 0.3) is 11.4 Å². The van der Waals surface area contributed by atoms with Crippen LogP contribution in [0, 0.1) is 6.92 Å². The van der Waals surface area contributed by atoms with Crippen LogP contribution in [0.4, 0.5) is 5.82 Å². The SMILES string of the molecule is Cc1c(N)nc(C2CC2)nc1-c1ccccn1. The summed E-state index contributed by atoms with van der Waals surface area (Å²) in [5, 5.41) is 0. The minimum atomic E-state index is 0.500. The molecule has 2 aromatic heterocycles. The Morgan fingerprint density at radius 2 is 2.06 bits per heavy atom. The first-order valence-corrected chi connectivity index (χ1v) is 5.81. The van der Waals surface area contributed by atoms with E-state index in [4.69, 9.17) is 5.73 Å². The lowest BCUT2D eigenvalue weighted by Gasteiger charge is -2.08. The van der Waals surface area contributed by atoms with Gasteiger partial charge >= 0.3 is 0 Å². The average Bonchev–Trinajstić information content (AvgIpc) is 3.18. The smallest absolute Gasteiger partial charge is 0.134 e. The number of pyridine rings is 1. The minimum Gasteiger partial charge on any atom is -0.383 e. The maximum atomic E-state index is 5.95. The summed E-state index contributed by atoms with van der Waals surface area (Å²) in [6.45, 7) is 1.94. The zero-order valence-corrected chi connectivity index (χ0v) is 9.72.